The number of nitrogens with one attached hydrogen (secondary N) is 1. The number of hydrogen-bond donors (Lipinski definition) is 1. The van der Waals surface area contributed by atoms with Crippen molar-refractivity contribution in [3.63, 3.8) is 0 Å². The van der Waals surface area contributed by atoms with E-state index in [-0.39, 0.29) is 11.7 Å². The minimum atomic E-state index is 0.0983. The number of carbonyl (C=O) groups excluding carboxylic acids is 1. The number of anilines is 1. The molecule has 5 nitrogen and oxygen atoms in total. The Balaban J connectivity index is 1.44. The molecule has 3 heterocycles. The Morgan fingerprint density at radius 3 is 2.91 bits per heavy atom. The lowest BCUT2D eigenvalue weighted by Crippen LogP contribution is -2.29. The van der Waals surface area contributed by atoms with Crippen LogP contribution in [0.3, 0.4) is 0 Å². The highest BCUT2D eigenvalue weighted by Gasteiger charge is 2.23. The average Bonchev–Trinajstić information content (AvgIpc) is 3.04. The summed E-state index contributed by atoms with van der Waals surface area (Å²) >= 11 is 6.52. The molecule has 0 unspecified atom stereocenters. The third kappa shape index (κ3) is 6.31. The molecule has 172 valence electrons. The zero-order valence-corrected chi connectivity index (χ0v) is 19.7. The van der Waals surface area contributed by atoms with Gasteiger partial charge >= 0.3 is 0 Å². The molecule has 2 aromatic rings. The van der Waals surface area contributed by atoms with Gasteiger partial charge in [-0.25, -0.2) is 0 Å². The molecule has 1 aromatic heterocycles. The van der Waals surface area contributed by atoms with Crippen LogP contribution in [0.25, 0.3) is 11.1 Å². The molecule has 1 aromatic carbocycles. The molecule has 0 saturated carbocycles. The van der Waals surface area contributed by atoms with Gasteiger partial charge in [0.2, 0.25) is 0 Å². The van der Waals surface area contributed by atoms with Gasteiger partial charge in [-0.2, -0.15) is 0 Å². The van der Waals surface area contributed by atoms with Gasteiger partial charge < -0.3 is 15.0 Å². The predicted molar refractivity (Wildman–Crippen MR) is 130 cm³/mol. The minimum Gasteiger partial charge on any atom is -0.385 e. The van der Waals surface area contributed by atoms with Crippen LogP contribution in [0.2, 0.25) is 5.02 Å². The smallest absolute Gasteiger partial charge is 0.143 e. The number of Topliss-reactive ketones (excluding diaryl/α,β-unsaturated/α-hetero) is 1. The van der Waals surface area contributed by atoms with Crippen molar-refractivity contribution < 1.29 is 9.53 Å². The van der Waals surface area contributed by atoms with Crippen LogP contribution in [0.15, 0.2) is 36.5 Å². The molecule has 2 aliphatic rings. The molecule has 0 bridgehead atoms. The van der Waals surface area contributed by atoms with Gasteiger partial charge in [0.05, 0.1) is 5.02 Å². The van der Waals surface area contributed by atoms with E-state index < -0.39 is 0 Å². The highest BCUT2D eigenvalue weighted by atomic mass is 35.5. The maximum absolute atomic E-state index is 13.0. The third-order valence-corrected chi connectivity index (χ3v) is 7.01. The quantitative estimate of drug-likeness (QED) is 0.630. The number of aromatic nitrogens is 1. The number of hydrogen-bond acceptors (Lipinski definition) is 5. The summed E-state index contributed by atoms with van der Waals surface area (Å²) < 4.78 is 5.46. The fourth-order valence-electron chi connectivity index (χ4n) is 4.73. The van der Waals surface area contributed by atoms with E-state index in [9.17, 15) is 4.79 Å². The standard InChI is InChI=1S/C26H34ClN3O2/c1-30-10-3-2-5-21(18-30)26(31)15-23-14-24(25(27)17-29-23)20-6-4-7-22(13-20)28-16-19-8-11-32-12-9-19/h4,6-7,13-14,17,19,21,28H,2-3,5,8-12,15-16,18H2,1H3/t21-/m1/s1. The van der Waals surface area contributed by atoms with Crippen molar-refractivity contribution in [3.05, 3.63) is 47.2 Å². The van der Waals surface area contributed by atoms with Crippen LogP contribution in [0.5, 0.6) is 0 Å². The van der Waals surface area contributed by atoms with Gasteiger partial charge in [0.25, 0.3) is 0 Å². The fourth-order valence-corrected chi connectivity index (χ4v) is 4.94. The molecule has 32 heavy (non-hydrogen) atoms. The Morgan fingerprint density at radius 2 is 2.06 bits per heavy atom. The molecule has 2 aliphatic heterocycles. The lowest BCUT2D eigenvalue weighted by Gasteiger charge is -2.22. The van der Waals surface area contributed by atoms with Crippen LogP contribution in [-0.2, 0) is 16.0 Å². The number of pyridine rings is 1. The van der Waals surface area contributed by atoms with E-state index in [1.165, 1.54) is 6.42 Å². The Bertz CT molecular complexity index is 914. The first kappa shape index (κ1) is 23.2. The van der Waals surface area contributed by atoms with Crippen LogP contribution in [0.1, 0.15) is 37.8 Å². The highest BCUT2D eigenvalue weighted by Crippen LogP contribution is 2.30. The van der Waals surface area contributed by atoms with E-state index in [1.54, 1.807) is 6.20 Å². The summed E-state index contributed by atoms with van der Waals surface area (Å²) in [6.45, 7) is 4.59. The van der Waals surface area contributed by atoms with E-state index in [0.29, 0.717) is 17.4 Å². The normalized spacial score (nSPS) is 20.6. The van der Waals surface area contributed by atoms with Crippen molar-refractivity contribution in [2.45, 2.75) is 38.5 Å². The Kier molecular flexibility index (Phi) is 8.17. The molecule has 0 spiro atoms. The Labute approximate surface area is 196 Å². The molecule has 1 atom stereocenters. The van der Waals surface area contributed by atoms with Crippen LogP contribution >= 0.6 is 11.6 Å². The predicted octanol–water partition coefficient (Wildman–Crippen LogP) is 5.08. The maximum atomic E-state index is 13.0. The minimum absolute atomic E-state index is 0.0983. The number of likely N-dealkylation sites (tertiary alicyclic amines) is 1. The van der Waals surface area contributed by atoms with Crippen LogP contribution in [-0.4, -0.2) is 55.6 Å². The highest BCUT2D eigenvalue weighted by molar-refractivity contribution is 6.33. The second-order valence-corrected chi connectivity index (χ2v) is 9.68. The molecule has 2 fully saturated rings. The van der Waals surface area contributed by atoms with Gasteiger partial charge in [0.15, 0.2) is 0 Å². The molecular weight excluding hydrogens is 422 g/mol. The largest absolute Gasteiger partial charge is 0.385 e. The summed E-state index contributed by atoms with van der Waals surface area (Å²) in [5.74, 6) is 1.03. The lowest BCUT2D eigenvalue weighted by molar-refractivity contribution is -0.122. The van der Waals surface area contributed by atoms with Gasteiger partial charge in [-0.05, 0) is 69.0 Å². The second kappa shape index (κ2) is 11.3. The lowest BCUT2D eigenvalue weighted by atomic mass is 9.94. The van der Waals surface area contributed by atoms with Gasteiger partial charge in [0, 0.05) is 61.8 Å². The van der Waals surface area contributed by atoms with Crippen molar-refractivity contribution in [3.8, 4) is 11.1 Å². The van der Waals surface area contributed by atoms with E-state index in [1.807, 2.05) is 12.1 Å². The topological polar surface area (TPSA) is 54.5 Å². The van der Waals surface area contributed by atoms with E-state index in [4.69, 9.17) is 16.3 Å². The summed E-state index contributed by atoms with van der Waals surface area (Å²) in [6.07, 6.45) is 7.53. The van der Waals surface area contributed by atoms with E-state index in [0.717, 1.165) is 81.0 Å². The average molecular weight is 456 g/mol. The summed E-state index contributed by atoms with van der Waals surface area (Å²) in [6, 6.07) is 10.3. The number of ether oxygens (including phenoxy) is 1. The number of nitrogens with zero attached hydrogens (tertiary/aromatic N) is 2. The van der Waals surface area contributed by atoms with Crippen LogP contribution in [0, 0.1) is 11.8 Å². The maximum Gasteiger partial charge on any atom is 0.143 e. The third-order valence-electron chi connectivity index (χ3n) is 6.71. The van der Waals surface area contributed by atoms with Crippen LogP contribution in [0.4, 0.5) is 5.69 Å². The molecule has 4 rings (SSSR count). The number of ketones is 1. The number of carbonyl (C=O) groups is 1. The van der Waals surface area contributed by atoms with Crippen molar-refractivity contribution in [1.29, 1.82) is 0 Å². The second-order valence-electron chi connectivity index (χ2n) is 9.27. The summed E-state index contributed by atoms with van der Waals surface area (Å²) in [5, 5.41) is 4.18. The van der Waals surface area contributed by atoms with Crippen molar-refractivity contribution >= 4 is 23.1 Å². The summed E-state index contributed by atoms with van der Waals surface area (Å²) in [7, 11) is 2.10. The molecule has 0 radical (unpaired) electrons. The van der Waals surface area contributed by atoms with E-state index in [2.05, 4.69) is 40.4 Å². The number of benzene rings is 1. The number of rotatable bonds is 7. The zero-order valence-electron chi connectivity index (χ0n) is 19.0. The first-order valence-corrected chi connectivity index (χ1v) is 12.2. The van der Waals surface area contributed by atoms with Gasteiger partial charge in [-0.1, -0.05) is 30.2 Å². The van der Waals surface area contributed by atoms with Gasteiger partial charge in [0.1, 0.15) is 5.78 Å². The molecule has 0 amide bonds. The van der Waals surface area contributed by atoms with Crippen molar-refractivity contribution in [1.82, 2.24) is 9.88 Å². The molecular formula is C26H34ClN3O2. The Hall–Kier alpha value is -1.95. The Morgan fingerprint density at radius 1 is 1.22 bits per heavy atom. The number of halogens is 1. The van der Waals surface area contributed by atoms with Crippen LogP contribution < -0.4 is 5.32 Å². The fraction of sp³-hybridized carbons (Fsp3) is 0.538. The van der Waals surface area contributed by atoms with Gasteiger partial charge in [-0.3, -0.25) is 9.78 Å². The summed E-state index contributed by atoms with van der Waals surface area (Å²) in [4.78, 5) is 19.7. The molecule has 6 heteroatoms. The van der Waals surface area contributed by atoms with Gasteiger partial charge in [-0.15, -0.1) is 0 Å². The van der Waals surface area contributed by atoms with Crippen molar-refractivity contribution in [2.24, 2.45) is 11.8 Å². The molecule has 2 saturated heterocycles. The SMILES string of the molecule is CN1CCCC[C@@H](C(=O)Cc2cc(-c3cccc(NCC4CCOCC4)c3)c(Cl)cn2)C1. The van der Waals surface area contributed by atoms with E-state index >= 15 is 0 Å². The monoisotopic (exact) mass is 455 g/mol. The zero-order chi connectivity index (χ0) is 22.3. The first-order valence-electron chi connectivity index (χ1n) is 11.9. The van der Waals surface area contributed by atoms with Crippen molar-refractivity contribution in [2.75, 3.05) is 45.2 Å². The summed E-state index contributed by atoms with van der Waals surface area (Å²) in [5.41, 5.74) is 3.84. The molecule has 0 aliphatic carbocycles. The molecule has 1 N–H and O–H groups in total. The first-order chi connectivity index (χ1) is 15.6.